The van der Waals surface area contributed by atoms with Gasteiger partial charge in [-0.15, -0.1) is 0 Å². The highest BCUT2D eigenvalue weighted by Gasteiger charge is 2.20. The summed E-state index contributed by atoms with van der Waals surface area (Å²) in [6.45, 7) is 16.2. The standard InChI is InChI=1S/C46H50N4O2/c1-31-24-32(18-21-45(2,3)4)44(33(25-31)19-22-46(5,6)7)34-29-48-49(30-34)35-12-11-13-37(26-35)52-38-16-17-40-39-14-9-10-15-41(39)50(42(40)27-38)43-28-36(51-8)20-23-47-43/h9-17,20,23-30H,18-19,21-22H2,1-8H3. The van der Waals surface area contributed by atoms with Crippen LogP contribution in [-0.4, -0.2) is 26.4 Å². The van der Waals surface area contributed by atoms with Crippen molar-refractivity contribution in [3.05, 3.63) is 126 Å². The number of hydrogen-bond donors (Lipinski definition) is 0. The maximum Gasteiger partial charge on any atom is 0.141 e. The van der Waals surface area contributed by atoms with Crippen molar-refractivity contribution < 1.29 is 9.47 Å². The second-order valence-corrected chi connectivity index (χ2v) is 16.4. The van der Waals surface area contributed by atoms with E-state index in [1.165, 1.54) is 22.3 Å². The van der Waals surface area contributed by atoms with Crippen LogP contribution in [0.2, 0.25) is 0 Å². The fourth-order valence-corrected chi connectivity index (χ4v) is 7.05. The minimum atomic E-state index is 0.254. The van der Waals surface area contributed by atoms with Crippen LogP contribution in [0.25, 0.3) is 44.4 Å². The van der Waals surface area contributed by atoms with E-state index in [2.05, 4.69) is 120 Å². The quantitative estimate of drug-likeness (QED) is 0.143. The molecule has 0 radical (unpaired) electrons. The second-order valence-electron chi connectivity index (χ2n) is 16.4. The molecule has 0 saturated heterocycles. The highest BCUT2D eigenvalue weighted by Crippen LogP contribution is 2.37. The summed E-state index contributed by atoms with van der Waals surface area (Å²) in [7, 11) is 1.68. The number of fused-ring (bicyclic) bond motifs is 3. The van der Waals surface area contributed by atoms with Crippen molar-refractivity contribution in [2.75, 3.05) is 7.11 Å². The number of ether oxygens (including phenoxy) is 2. The molecule has 0 fully saturated rings. The van der Waals surface area contributed by atoms with E-state index in [1.54, 1.807) is 13.3 Å². The van der Waals surface area contributed by atoms with Gasteiger partial charge in [-0.2, -0.15) is 5.10 Å². The molecule has 0 aliphatic carbocycles. The zero-order valence-electron chi connectivity index (χ0n) is 31.8. The highest BCUT2D eigenvalue weighted by atomic mass is 16.5. The van der Waals surface area contributed by atoms with Crippen LogP contribution in [-0.2, 0) is 12.8 Å². The molecular formula is C46H50N4O2. The van der Waals surface area contributed by atoms with E-state index >= 15 is 0 Å². The van der Waals surface area contributed by atoms with Gasteiger partial charge >= 0.3 is 0 Å². The first-order chi connectivity index (χ1) is 24.8. The van der Waals surface area contributed by atoms with Gasteiger partial charge in [-0.05, 0) is 96.5 Å². The van der Waals surface area contributed by atoms with Gasteiger partial charge < -0.3 is 9.47 Å². The molecule has 0 aliphatic rings. The Kier molecular flexibility index (Phi) is 9.43. The molecule has 7 rings (SSSR count). The van der Waals surface area contributed by atoms with Gasteiger partial charge in [-0.1, -0.05) is 83.5 Å². The maximum absolute atomic E-state index is 6.55. The largest absolute Gasteiger partial charge is 0.497 e. The number of para-hydroxylation sites is 1. The van der Waals surface area contributed by atoms with Gasteiger partial charge in [0.1, 0.15) is 23.1 Å². The molecule has 4 aromatic carbocycles. The molecule has 52 heavy (non-hydrogen) atoms. The van der Waals surface area contributed by atoms with Gasteiger partial charge in [-0.25, -0.2) is 9.67 Å². The SMILES string of the molecule is COc1ccnc(-n2c3ccccc3c3ccc(Oc4cccc(-n5cc(-c6c(CCC(C)(C)C)cc(C)cc6CCC(C)(C)C)cn5)c4)cc32)c1. The number of rotatable bonds is 10. The summed E-state index contributed by atoms with van der Waals surface area (Å²) in [4.78, 5) is 4.70. The smallest absolute Gasteiger partial charge is 0.141 e. The minimum Gasteiger partial charge on any atom is -0.497 e. The molecule has 3 aromatic heterocycles. The number of aryl methyl sites for hydroxylation is 3. The van der Waals surface area contributed by atoms with Gasteiger partial charge in [-0.3, -0.25) is 4.57 Å². The third kappa shape index (κ3) is 7.62. The lowest BCUT2D eigenvalue weighted by Crippen LogP contribution is -2.10. The van der Waals surface area contributed by atoms with Crippen LogP contribution in [0, 0.1) is 17.8 Å². The van der Waals surface area contributed by atoms with E-state index in [-0.39, 0.29) is 10.8 Å². The lowest BCUT2D eigenvalue weighted by molar-refractivity contribution is 0.376. The summed E-state index contributed by atoms with van der Waals surface area (Å²) in [5.74, 6) is 3.02. The summed E-state index contributed by atoms with van der Waals surface area (Å²) in [6.07, 6.45) is 10.3. The first kappa shape index (κ1) is 35.1. The zero-order valence-corrected chi connectivity index (χ0v) is 31.8. The Morgan fingerprint density at radius 2 is 1.37 bits per heavy atom. The van der Waals surface area contributed by atoms with E-state index < -0.39 is 0 Å². The van der Waals surface area contributed by atoms with Crippen molar-refractivity contribution in [1.82, 2.24) is 19.3 Å². The van der Waals surface area contributed by atoms with Crippen LogP contribution >= 0.6 is 0 Å². The summed E-state index contributed by atoms with van der Waals surface area (Å²) < 4.78 is 16.2. The number of aromatic nitrogens is 4. The molecule has 0 amide bonds. The molecular weight excluding hydrogens is 641 g/mol. The average Bonchev–Trinajstić information content (AvgIpc) is 3.72. The van der Waals surface area contributed by atoms with Crippen molar-refractivity contribution >= 4 is 21.8 Å². The summed E-state index contributed by atoms with van der Waals surface area (Å²) in [5, 5.41) is 7.18. The maximum atomic E-state index is 6.55. The van der Waals surface area contributed by atoms with Gasteiger partial charge in [0, 0.05) is 46.9 Å². The molecule has 6 heteroatoms. The third-order valence-corrected chi connectivity index (χ3v) is 9.75. The highest BCUT2D eigenvalue weighted by molar-refractivity contribution is 6.09. The van der Waals surface area contributed by atoms with Crippen LogP contribution in [0.1, 0.15) is 71.1 Å². The fourth-order valence-electron chi connectivity index (χ4n) is 7.05. The van der Waals surface area contributed by atoms with Gasteiger partial charge in [0.15, 0.2) is 0 Å². The third-order valence-electron chi connectivity index (χ3n) is 9.75. The first-order valence-electron chi connectivity index (χ1n) is 18.3. The number of benzene rings is 4. The molecule has 0 aliphatic heterocycles. The van der Waals surface area contributed by atoms with Crippen molar-refractivity contribution in [3.8, 4) is 39.9 Å². The number of hydrogen-bond acceptors (Lipinski definition) is 4. The monoisotopic (exact) mass is 690 g/mol. The van der Waals surface area contributed by atoms with E-state index in [9.17, 15) is 0 Å². The normalized spacial score (nSPS) is 12.2. The molecule has 7 aromatic rings. The summed E-state index contributed by atoms with van der Waals surface area (Å²) in [6, 6.07) is 31.4. The van der Waals surface area contributed by atoms with Crippen molar-refractivity contribution in [3.63, 3.8) is 0 Å². The van der Waals surface area contributed by atoms with Crippen molar-refractivity contribution in [1.29, 1.82) is 0 Å². The number of nitrogens with zero attached hydrogens (tertiary/aromatic N) is 4. The fraction of sp³-hybridized carbons (Fsp3) is 0.304. The Hall–Kier alpha value is -5.36. The minimum absolute atomic E-state index is 0.254. The molecule has 0 spiro atoms. The summed E-state index contributed by atoms with van der Waals surface area (Å²) in [5.41, 5.74) is 10.2. The van der Waals surface area contributed by atoms with E-state index in [1.807, 2.05) is 41.2 Å². The van der Waals surface area contributed by atoms with Gasteiger partial charge in [0.2, 0.25) is 0 Å². The topological polar surface area (TPSA) is 54.1 Å². The molecule has 6 nitrogen and oxygen atoms in total. The molecule has 266 valence electrons. The Balaban J connectivity index is 1.22. The lowest BCUT2D eigenvalue weighted by atomic mass is 9.82. The van der Waals surface area contributed by atoms with Crippen molar-refractivity contribution in [2.45, 2.75) is 74.1 Å². The molecule has 0 N–H and O–H groups in total. The summed E-state index contributed by atoms with van der Waals surface area (Å²) >= 11 is 0. The predicted octanol–water partition coefficient (Wildman–Crippen LogP) is 12.1. The van der Waals surface area contributed by atoms with E-state index in [0.29, 0.717) is 0 Å². The van der Waals surface area contributed by atoms with Crippen LogP contribution in [0.15, 0.2) is 110 Å². The zero-order chi connectivity index (χ0) is 36.6. The Morgan fingerprint density at radius 1 is 0.673 bits per heavy atom. The Labute approximate surface area is 308 Å². The van der Waals surface area contributed by atoms with E-state index in [4.69, 9.17) is 19.6 Å². The lowest BCUT2D eigenvalue weighted by Gasteiger charge is -2.23. The van der Waals surface area contributed by atoms with Crippen LogP contribution in [0.5, 0.6) is 17.2 Å². The molecule has 0 atom stereocenters. The van der Waals surface area contributed by atoms with E-state index in [0.717, 1.165) is 81.8 Å². The van der Waals surface area contributed by atoms with Gasteiger partial charge in [0.05, 0.1) is 30.0 Å². The van der Waals surface area contributed by atoms with Crippen LogP contribution in [0.3, 0.4) is 0 Å². The van der Waals surface area contributed by atoms with Gasteiger partial charge in [0.25, 0.3) is 0 Å². The molecule has 0 saturated carbocycles. The van der Waals surface area contributed by atoms with Crippen molar-refractivity contribution in [2.24, 2.45) is 10.8 Å². The molecule has 0 bridgehead atoms. The number of pyridine rings is 1. The van der Waals surface area contributed by atoms with Crippen LogP contribution < -0.4 is 9.47 Å². The number of methoxy groups -OCH3 is 1. The molecule has 3 heterocycles. The Morgan fingerprint density at radius 3 is 2.08 bits per heavy atom. The van der Waals surface area contributed by atoms with Crippen LogP contribution in [0.4, 0.5) is 0 Å². The Bertz CT molecular complexity index is 2330. The average molecular weight is 691 g/mol. The first-order valence-corrected chi connectivity index (χ1v) is 18.3. The molecule has 0 unspecified atom stereocenters. The second kappa shape index (κ2) is 14.0. The predicted molar refractivity (Wildman–Crippen MR) is 214 cm³/mol.